The van der Waals surface area contributed by atoms with Crippen LogP contribution in [0.5, 0.6) is 0 Å². The quantitative estimate of drug-likeness (QED) is 0.714. The predicted octanol–water partition coefficient (Wildman–Crippen LogP) is 3.24. The van der Waals surface area contributed by atoms with Crippen LogP contribution in [0, 0.1) is 0 Å². The van der Waals surface area contributed by atoms with Gasteiger partial charge in [0.1, 0.15) is 0 Å². The predicted molar refractivity (Wildman–Crippen MR) is 110 cm³/mol. The van der Waals surface area contributed by atoms with Crippen LogP contribution in [0.25, 0.3) is 0 Å². The number of nitrogens with one attached hydrogen (secondary N) is 2. The highest BCUT2D eigenvalue weighted by atomic mass is 35.5. The monoisotopic (exact) mass is 425 g/mol. The molecule has 2 aromatic rings. The number of aromatic nitrogens is 1. The maximum Gasteiger partial charge on any atom is 0.214 e. The molecule has 146 valence electrons. The van der Waals surface area contributed by atoms with Crippen LogP contribution in [0.4, 0.5) is 0 Å². The minimum atomic E-state index is -3.15. The number of sulfonamides is 1. The summed E-state index contributed by atoms with van der Waals surface area (Å²) in [7, 11) is -3.15. The molecular formula is C19H24ClN3O2S2. The lowest BCUT2D eigenvalue weighted by molar-refractivity contribution is 0.469. The van der Waals surface area contributed by atoms with E-state index >= 15 is 0 Å². The van der Waals surface area contributed by atoms with E-state index in [0.29, 0.717) is 13.0 Å². The van der Waals surface area contributed by atoms with Crippen LogP contribution in [-0.2, 0) is 29.3 Å². The Morgan fingerprint density at radius 2 is 2.04 bits per heavy atom. The van der Waals surface area contributed by atoms with Crippen molar-refractivity contribution in [2.75, 3.05) is 13.1 Å². The maximum absolute atomic E-state index is 12.1. The second-order valence-electron chi connectivity index (χ2n) is 7.25. The van der Waals surface area contributed by atoms with Crippen molar-refractivity contribution in [3.05, 3.63) is 50.4 Å². The molecule has 1 aliphatic carbocycles. The molecule has 1 aromatic heterocycles. The van der Waals surface area contributed by atoms with Gasteiger partial charge in [-0.2, -0.15) is 0 Å². The molecule has 2 N–H and O–H groups in total. The van der Waals surface area contributed by atoms with E-state index in [4.69, 9.17) is 16.6 Å². The van der Waals surface area contributed by atoms with Gasteiger partial charge in [-0.3, -0.25) is 0 Å². The van der Waals surface area contributed by atoms with Gasteiger partial charge < -0.3 is 5.32 Å². The van der Waals surface area contributed by atoms with Crippen molar-refractivity contribution in [3.8, 4) is 0 Å². The summed E-state index contributed by atoms with van der Waals surface area (Å²) in [5, 5.41) is 5.14. The highest BCUT2D eigenvalue weighted by Crippen LogP contribution is 2.30. The zero-order chi connectivity index (χ0) is 18.9. The zero-order valence-electron chi connectivity index (χ0n) is 15.1. The van der Waals surface area contributed by atoms with E-state index in [1.807, 2.05) is 12.1 Å². The van der Waals surface area contributed by atoms with Crippen molar-refractivity contribution in [2.45, 2.75) is 49.8 Å². The van der Waals surface area contributed by atoms with Gasteiger partial charge in [0.25, 0.3) is 0 Å². The average Bonchev–Trinajstić information content (AvgIpc) is 2.98. The molecule has 0 bridgehead atoms. The molecule has 0 amide bonds. The molecule has 5 nitrogen and oxygen atoms in total. The summed E-state index contributed by atoms with van der Waals surface area (Å²) < 4.78 is 27.0. The number of fused-ring (bicyclic) bond motifs is 1. The molecule has 4 rings (SSSR count). The first kappa shape index (κ1) is 19.3. The van der Waals surface area contributed by atoms with E-state index in [-0.39, 0.29) is 11.3 Å². The minimum absolute atomic E-state index is 0.185. The lowest BCUT2D eigenvalue weighted by atomic mass is 9.99. The summed E-state index contributed by atoms with van der Waals surface area (Å²) in [6.45, 7) is 1.38. The van der Waals surface area contributed by atoms with Gasteiger partial charge in [-0.15, -0.1) is 11.3 Å². The van der Waals surface area contributed by atoms with Crippen molar-refractivity contribution in [2.24, 2.45) is 0 Å². The third-order valence-corrected chi connectivity index (χ3v) is 8.73. The number of hydrogen-bond donors (Lipinski definition) is 2. The number of hydrogen-bond acceptors (Lipinski definition) is 5. The Balaban J connectivity index is 1.39. The van der Waals surface area contributed by atoms with Crippen LogP contribution >= 0.6 is 22.9 Å². The normalized spacial score (nSPS) is 20.3. The van der Waals surface area contributed by atoms with Crippen molar-refractivity contribution < 1.29 is 8.42 Å². The summed E-state index contributed by atoms with van der Waals surface area (Å²) in [6, 6.07) is 8.15. The van der Waals surface area contributed by atoms with Gasteiger partial charge in [0.15, 0.2) is 0 Å². The van der Waals surface area contributed by atoms with Gasteiger partial charge in [-0.1, -0.05) is 30.2 Å². The lowest BCUT2D eigenvalue weighted by Crippen LogP contribution is -2.39. The van der Waals surface area contributed by atoms with Gasteiger partial charge in [0.05, 0.1) is 22.0 Å². The van der Waals surface area contributed by atoms with Crippen LogP contribution < -0.4 is 10.0 Å². The smallest absolute Gasteiger partial charge is 0.214 e. The van der Waals surface area contributed by atoms with Gasteiger partial charge in [0, 0.05) is 29.4 Å². The number of nitrogens with zero attached hydrogens (tertiary/aromatic N) is 1. The SMILES string of the molecule is O=S(=O)(NCCc1nc2c(s1)CCNC2Cc1ccc(Cl)cc1)C1CCC1. The lowest BCUT2D eigenvalue weighted by Gasteiger charge is -2.25. The molecule has 2 aliphatic rings. The summed E-state index contributed by atoms with van der Waals surface area (Å²) in [5.41, 5.74) is 2.35. The molecule has 1 aliphatic heterocycles. The highest BCUT2D eigenvalue weighted by Gasteiger charge is 2.31. The third-order valence-electron chi connectivity index (χ3n) is 5.33. The highest BCUT2D eigenvalue weighted by molar-refractivity contribution is 7.90. The van der Waals surface area contributed by atoms with Gasteiger partial charge in [-0.05, 0) is 43.4 Å². The fraction of sp³-hybridized carbons (Fsp3) is 0.526. The second kappa shape index (κ2) is 8.17. The van der Waals surface area contributed by atoms with Crippen molar-refractivity contribution in [1.29, 1.82) is 0 Å². The molecule has 1 unspecified atom stereocenters. The van der Waals surface area contributed by atoms with E-state index < -0.39 is 10.0 Å². The Kier molecular flexibility index (Phi) is 5.85. The van der Waals surface area contributed by atoms with Crippen LogP contribution in [0.15, 0.2) is 24.3 Å². The van der Waals surface area contributed by atoms with Crippen molar-refractivity contribution in [1.82, 2.24) is 15.0 Å². The van der Waals surface area contributed by atoms with Gasteiger partial charge in [-0.25, -0.2) is 18.1 Å². The van der Waals surface area contributed by atoms with Crippen LogP contribution in [-0.4, -0.2) is 31.7 Å². The standard InChI is InChI=1S/C19H24ClN3O2S2/c20-14-6-4-13(5-7-14)12-16-19-17(8-10-21-16)26-18(23-19)9-11-22-27(24,25)15-2-1-3-15/h4-7,15-16,21-22H,1-3,8-12H2. The summed E-state index contributed by atoms with van der Waals surface area (Å²) in [5.74, 6) is 0. The van der Waals surface area contributed by atoms with Gasteiger partial charge >= 0.3 is 0 Å². The molecule has 0 saturated heterocycles. The Hall–Kier alpha value is -0.990. The first-order valence-corrected chi connectivity index (χ1v) is 12.2. The fourth-order valence-corrected chi connectivity index (χ4v) is 6.38. The first-order valence-electron chi connectivity index (χ1n) is 9.46. The minimum Gasteiger partial charge on any atom is -0.308 e. The van der Waals surface area contributed by atoms with E-state index in [0.717, 1.165) is 54.4 Å². The van der Waals surface area contributed by atoms with Crippen LogP contribution in [0.2, 0.25) is 5.02 Å². The molecule has 1 atom stereocenters. The second-order valence-corrected chi connectivity index (χ2v) is 10.9. The van der Waals surface area contributed by atoms with E-state index in [1.54, 1.807) is 11.3 Å². The third kappa shape index (κ3) is 4.54. The Morgan fingerprint density at radius 3 is 2.74 bits per heavy atom. The first-order chi connectivity index (χ1) is 13.0. The van der Waals surface area contributed by atoms with E-state index in [9.17, 15) is 8.42 Å². The molecule has 1 saturated carbocycles. The van der Waals surface area contributed by atoms with Crippen molar-refractivity contribution in [3.63, 3.8) is 0 Å². The topological polar surface area (TPSA) is 71.1 Å². The average molecular weight is 426 g/mol. The fourth-order valence-electron chi connectivity index (χ4n) is 3.55. The molecule has 2 heterocycles. The Labute approximate surface area is 169 Å². The summed E-state index contributed by atoms with van der Waals surface area (Å²) >= 11 is 7.70. The molecule has 0 radical (unpaired) electrons. The van der Waals surface area contributed by atoms with Crippen LogP contribution in [0.1, 0.15) is 46.4 Å². The molecule has 1 aromatic carbocycles. The number of thiazole rings is 1. The Morgan fingerprint density at radius 1 is 1.26 bits per heavy atom. The molecule has 0 spiro atoms. The molecule has 8 heteroatoms. The van der Waals surface area contributed by atoms with E-state index in [2.05, 4.69) is 22.2 Å². The molecule has 1 fully saturated rings. The van der Waals surface area contributed by atoms with Gasteiger partial charge in [0.2, 0.25) is 10.0 Å². The van der Waals surface area contributed by atoms with E-state index in [1.165, 1.54) is 10.4 Å². The largest absolute Gasteiger partial charge is 0.308 e. The Bertz CT molecular complexity index is 892. The number of benzene rings is 1. The number of halogens is 1. The maximum atomic E-state index is 12.1. The molecule has 27 heavy (non-hydrogen) atoms. The van der Waals surface area contributed by atoms with Crippen molar-refractivity contribution >= 4 is 33.0 Å². The zero-order valence-corrected chi connectivity index (χ0v) is 17.5. The number of rotatable bonds is 7. The summed E-state index contributed by atoms with van der Waals surface area (Å²) in [4.78, 5) is 6.16. The summed E-state index contributed by atoms with van der Waals surface area (Å²) in [6.07, 6.45) is 5.11. The van der Waals surface area contributed by atoms with Crippen LogP contribution in [0.3, 0.4) is 0 Å². The molecular weight excluding hydrogens is 402 g/mol.